The smallest absolute Gasteiger partial charge is 0.350 e. The minimum absolute atomic E-state index is 0.0554. The van der Waals surface area contributed by atoms with Crippen LogP contribution in [0.1, 0.15) is 11.4 Å². The number of nitrogens with two attached hydrogens (primary N) is 1. The van der Waals surface area contributed by atoms with Crippen molar-refractivity contribution in [2.45, 2.75) is 13.1 Å². The summed E-state index contributed by atoms with van der Waals surface area (Å²) in [7, 11) is 0. The lowest BCUT2D eigenvalue weighted by Gasteiger charge is -1.99. The van der Waals surface area contributed by atoms with Crippen molar-refractivity contribution in [3.63, 3.8) is 0 Å². The van der Waals surface area contributed by atoms with Crippen LogP contribution in [0.3, 0.4) is 0 Å². The number of carbonyl (C=O) groups is 1. The van der Waals surface area contributed by atoms with Crippen LogP contribution in [-0.2, 0) is 6.18 Å². The van der Waals surface area contributed by atoms with Gasteiger partial charge in [-0.05, 0) is 13.0 Å². The van der Waals surface area contributed by atoms with Gasteiger partial charge in [-0.3, -0.25) is 0 Å². The van der Waals surface area contributed by atoms with Crippen molar-refractivity contribution in [3.8, 4) is 0 Å². The van der Waals surface area contributed by atoms with Crippen molar-refractivity contribution in [3.05, 3.63) is 17.5 Å². The molecule has 4 nitrogen and oxygen atoms in total. The third-order valence-electron chi connectivity index (χ3n) is 1.39. The van der Waals surface area contributed by atoms with Gasteiger partial charge in [0.15, 0.2) is 5.69 Å². The molecule has 13 heavy (non-hydrogen) atoms. The lowest BCUT2D eigenvalue weighted by atomic mass is 10.4. The van der Waals surface area contributed by atoms with E-state index >= 15 is 0 Å². The van der Waals surface area contributed by atoms with Gasteiger partial charge in [-0.25, -0.2) is 4.79 Å². The first-order valence-corrected chi connectivity index (χ1v) is 3.26. The molecule has 0 spiro atoms. The third-order valence-corrected chi connectivity index (χ3v) is 1.39. The molecular weight excluding hydrogens is 187 g/mol. The number of primary amides is 1. The molecule has 1 aromatic heterocycles. The predicted molar refractivity (Wildman–Crippen MR) is 36.9 cm³/mol. The molecule has 0 saturated carbocycles. The zero-order valence-electron chi connectivity index (χ0n) is 6.59. The van der Waals surface area contributed by atoms with E-state index in [0.717, 1.165) is 6.07 Å². The molecule has 0 aliphatic carbocycles. The summed E-state index contributed by atoms with van der Waals surface area (Å²) in [4.78, 5) is 10.5. The maximum absolute atomic E-state index is 12.0. The maximum Gasteiger partial charge on any atom is 0.435 e. The Morgan fingerprint density at radius 3 is 2.38 bits per heavy atom. The number of aryl methyl sites for hydroxylation is 1. The summed E-state index contributed by atoms with van der Waals surface area (Å²) < 4.78 is 36.6. The van der Waals surface area contributed by atoms with E-state index in [1.165, 1.54) is 6.92 Å². The van der Waals surface area contributed by atoms with E-state index in [0.29, 0.717) is 4.68 Å². The molecule has 72 valence electrons. The summed E-state index contributed by atoms with van der Waals surface area (Å²) in [6.07, 6.45) is -4.55. The molecule has 1 rings (SSSR count). The molecule has 2 N–H and O–H groups in total. The highest BCUT2D eigenvalue weighted by Crippen LogP contribution is 2.28. The van der Waals surface area contributed by atoms with Crippen molar-refractivity contribution >= 4 is 6.03 Å². The zero-order valence-corrected chi connectivity index (χ0v) is 6.59. The molecule has 0 fully saturated rings. The van der Waals surface area contributed by atoms with Gasteiger partial charge in [-0.2, -0.15) is 23.0 Å². The van der Waals surface area contributed by atoms with Crippen LogP contribution in [0.15, 0.2) is 6.07 Å². The van der Waals surface area contributed by atoms with E-state index < -0.39 is 17.9 Å². The molecule has 0 saturated heterocycles. The quantitative estimate of drug-likeness (QED) is 0.671. The fraction of sp³-hybridized carbons (Fsp3) is 0.333. The molecule has 0 atom stereocenters. The first-order chi connectivity index (χ1) is 5.82. The third kappa shape index (κ3) is 1.79. The Bertz CT molecular complexity index is 341. The summed E-state index contributed by atoms with van der Waals surface area (Å²) in [6, 6.07) is -0.280. The van der Waals surface area contributed by atoms with Crippen LogP contribution in [0.25, 0.3) is 0 Å². The van der Waals surface area contributed by atoms with E-state index in [-0.39, 0.29) is 5.69 Å². The summed E-state index contributed by atoms with van der Waals surface area (Å²) in [5.41, 5.74) is 3.70. The van der Waals surface area contributed by atoms with Crippen LogP contribution in [0.5, 0.6) is 0 Å². The van der Waals surface area contributed by atoms with Crippen LogP contribution in [0, 0.1) is 6.92 Å². The Morgan fingerprint density at radius 1 is 1.62 bits per heavy atom. The van der Waals surface area contributed by atoms with Crippen LogP contribution in [-0.4, -0.2) is 15.8 Å². The van der Waals surface area contributed by atoms with Gasteiger partial charge in [-0.15, -0.1) is 0 Å². The summed E-state index contributed by atoms with van der Waals surface area (Å²) in [5.74, 6) is 0. The SMILES string of the molecule is Cc1cc(C(F)(F)F)nn1C(N)=O. The van der Waals surface area contributed by atoms with Crippen LogP contribution in [0.4, 0.5) is 18.0 Å². The van der Waals surface area contributed by atoms with E-state index in [1.807, 2.05) is 0 Å². The van der Waals surface area contributed by atoms with Crippen LogP contribution in [0.2, 0.25) is 0 Å². The molecule has 0 aromatic carbocycles. The molecule has 0 radical (unpaired) electrons. The lowest BCUT2D eigenvalue weighted by Crippen LogP contribution is -2.22. The molecule has 0 unspecified atom stereocenters. The van der Waals surface area contributed by atoms with E-state index in [1.54, 1.807) is 0 Å². The average Bonchev–Trinajstić information content (AvgIpc) is 2.29. The minimum atomic E-state index is -4.55. The topological polar surface area (TPSA) is 60.9 Å². The lowest BCUT2D eigenvalue weighted by molar-refractivity contribution is -0.141. The van der Waals surface area contributed by atoms with Crippen molar-refractivity contribution < 1.29 is 18.0 Å². The number of carbonyl (C=O) groups excluding carboxylic acids is 1. The number of alkyl halides is 3. The maximum atomic E-state index is 12.0. The van der Waals surface area contributed by atoms with Gasteiger partial charge in [0.1, 0.15) is 0 Å². The highest BCUT2D eigenvalue weighted by molar-refractivity contribution is 5.74. The Balaban J connectivity index is 3.17. The molecule has 0 aliphatic rings. The second-order valence-corrected chi connectivity index (χ2v) is 2.42. The van der Waals surface area contributed by atoms with Gasteiger partial charge in [0, 0.05) is 5.69 Å². The van der Waals surface area contributed by atoms with Crippen LogP contribution >= 0.6 is 0 Å². The number of halogens is 3. The van der Waals surface area contributed by atoms with Crippen molar-refractivity contribution in [2.24, 2.45) is 5.73 Å². The number of amides is 1. The number of hydrogen-bond donors (Lipinski definition) is 1. The molecule has 0 bridgehead atoms. The summed E-state index contributed by atoms with van der Waals surface area (Å²) >= 11 is 0. The van der Waals surface area contributed by atoms with Gasteiger partial charge >= 0.3 is 12.2 Å². The molecule has 1 heterocycles. The van der Waals surface area contributed by atoms with Gasteiger partial charge in [0.25, 0.3) is 0 Å². The summed E-state index contributed by atoms with van der Waals surface area (Å²) in [5, 5.41) is 3.00. The van der Waals surface area contributed by atoms with Gasteiger partial charge < -0.3 is 5.73 Å². The van der Waals surface area contributed by atoms with E-state index in [9.17, 15) is 18.0 Å². The number of aromatic nitrogens is 2. The predicted octanol–water partition coefficient (Wildman–Crippen LogP) is 1.14. The van der Waals surface area contributed by atoms with Gasteiger partial charge in [0.05, 0.1) is 0 Å². The second kappa shape index (κ2) is 2.75. The van der Waals surface area contributed by atoms with Gasteiger partial charge in [0.2, 0.25) is 0 Å². The number of nitrogens with zero attached hydrogens (tertiary/aromatic N) is 2. The monoisotopic (exact) mass is 193 g/mol. The number of rotatable bonds is 0. The van der Waals surface area contributed by atoms with E-state index in [2.05, 4.69) is 5.10 Å². The highest BCUT2D eigenvalue weighted by atomic mass is 19.4. The Labute approximate surface area is 71.1 Å². The standard InChI is InChI=1S/C6H6F3N3O/c1-3-2-4(6(7,8)9)11-12(3)5(10)13/h2H,1H3,(H2,10,13). The highest BCUT2D eigenvalue weighted by Gasteiger charge is 2.34. The van der Waals surface area contributed by atoms with Gasteiger partial charge in [-0.1, -0.05) is 0 Å². The van der Waals surface area contributed by atoms with Crippen molar-refractivity contribution in [2.75, 3.05) is 0 Å². The van der Waals surface area contributed by atoms with Crippen molar-refractivity contribution in [1.82, 2.24) is 9.78 Å². The molecular formula is C6H6F3N3O. The second-order valence-electron chi connectivity index (χ2n) is 2.42. The minimum Gasteiger partial charge on any atom is -0.350 e. The number of hydrogen-bond acceptors (Lipinski definition) is 2. The Hall–Kier alpha value is -1.53. The first kappa shape index (κ1) is 9.56. The Kier molecular flexibility index (Phi) is 2.02. The molecule has 1 amide bonds. The fourth-order valence-electron chi connectivity index (χ4n) is 0.836. The average molecular weight is 193 g/mol. The largest absolute Gasteiger partial charge is 0.435 e. The van der Waals surface area contributed by atoms with Crippen LogP contribution < -0.4 is 5.73 Å². The Morgan fingerprint density at radius 2 is 2.15 bits per heavy atom. The fourth-order valence-corrected chi connectivity index (χ4v) is 0.836. The summed E-state index contributed by atoms with van der Waals surface area (Å²) in [6.45, 7) is 1.31. The molecule has 1 aromatic rings. The first-order valence-electron chi connectivity index (χ1n) is 3.26. The molecule has 7 heteroatoms. The zero-order chi connectivity index (χ0) is 10.2. The van der Waals surface area contributed by atoms with E-state index in [4.69, 9.17) is 5.73 Å². The molecule has 0 aliphatic heterocycles. The normalized spacial score (nSPS) is 11.7. The van der Waals surface area contributed by atoms with Crippen molar-refractivity contribution in [1.29, 1.82) is 0 Å².